The number of carbonyl (C=O) groups is 1. The molecule has 5 nitrogen and oxygen atoms in total. The smallest absolute Gasteiger partial charge is 0.261 e. The van der Waals surface area contributed by atoms with Crippen LogP contribution in [0.3, 0.4) is 0 Å². The Morgan fingerprint density at radius 3 is 2.88 bits per heavy atom. The average molecular weight is 334 g/mol. The van der Waals surface area contributed by atoms with Crippen LogP contribution in [-0.2, 0) is 6.42 Å². The second kappa shape index (κ2) is 6.09. The molecular weight excluding hydrogens is 316 g/mol. The van der Waals surface area contributed by atoms with Crippen LogP contribution in [0.1, 0.15) is 40.4 Å². The van der Waals surface area contributed by atoms with Crippen molar-refractivity contribution in [2.24, 2.45) is 0 Å². The lowest BCUT2D eigenvalue weighted by Crippen LogP contribution is -2.34. The van der Waals surface area contributed by atoms with Crippen molar-refractivity contribution in [3.63, 3.8) is 0 Å². The van der Waals surface area contributed by atoms with Gasteiger partial charge in [-0.15, -0.1) is 0 Å². The van der Waals surface area contributed by atoms with Crippen molar-refractivity contribution in [3.8, 4) is 5.75 Å². The number of benzene rings is 2. The molecule has 1 heterocycles. The third-order valence-electron chi connectivity index (χ3n) is 4.79. The Morgan fingerprint density at radius 1 is 1.16 bits per heavy atom. The van der Waals surface area contributed by atoms with Gasteiger partial charge in [-0.2, -0.15) is 0 Å². The molecule has 0 aliphatic heterocycles. The molecule has 0 radical (unpaired) electrons. The summed E-state index contributed by atoms with van der Waals surface area (Å²) in [5.41, 5.74) is 2.22. The number of nitrogens with one attached hydrogen (secondary N) is 2. The lowest BCUT2D eigenvalue weighted by atomic mass is 9.87. The Hall–Kier alpha value is -3.08. The number of para-hydroxylation sites is 1. The fourth-order valence-electron chi connectivity index (χ4n) is 3.53. The summed E-state index contributed by atoms with van der Waals surface area (Å²) >= 11 is 0. The number of rotatable bonds is 2. The highest BCUT2D eigenvalue weighted by molar-refractivity contribution is 5.97. The summed E-state index contributed by atoms with van der Waals surface area (Å²) in [6.45, 7) is 0. The van der Waals surface area contributed by atoms with Crippen LogP contribution < -0.4 is 10.9 Å². The van der Waals surface area contributed by atoms with Crippen LogP contribution in [0.2, 0.25) is 0 Å². The molecule has 2 aromatic carbocycles. The number of pyridine rings is 1. The van der Waals surface area contributed by atoms with Gasteiger partial charge in [0.05, 0.1) is 6.04 Å². The van der Waals surface area contributed by atoms with Crippen LogP contribution in [0.4, 0.5) is 0 Å². The minimum Gasteiger partial charge on any atom is -0.508 e. The van der Waals surface area contributed by atoms with Crippen LogP contribution >= 0.6 is 0 Å². The van der Waals surface area contributed by atoms with Gasteiger partial charge in [0.25, 0.3) is 11.5 Å². The number of fused-ring (bicyclic) bond motifs is 2. The molecule has 1 aromatic heterocycles. The zero-order valence-electron chi connectivity index (χ0n) is 13.6. The topological polar surface area (TPSA) is 82.2 Å². The molecule has 1 aliphatic rings. The summed E-state index contributed by atoms with van der Waals surface area (Å²) in [6, 6.07) is 14.1. The first kappa shape index (κ1) is 15.4. The minimum atomic E-state index is -0.400. The quantitative estimate of drug-likeness (QED) is 0.674. The van der Waals surface area contributed by atoms with Gasteiger partial charge in [-0.05, 0) is 54.0 Å². The van der Waals surface area contributed by atoms with Crippen molar-refractivity contribution in [2.75, 3.05) is 0 Å². The van der Waals surface area contributed by atoms with Gasteiger partial charge in [0.2, 0.25) is 0 Å². The molecule has 3 aromatic rings. The molecule has 0 bridgehead atoms. The molecule has 5 heteroatoms. The van der Waals surface area contributed by atoms with Gasteiger partial charge in [-0.25, -0.2) is 0 Å². The number of phenols is 1. The van der Waals surface area contributed by atoms with Gasteiger partial charge in [-0.1, -0.05) is 30.3 Å². The van der Waals surface area contributed by atoms with Crippen LogP contribution in [0.5, 0.6) is 5.75 Å². The van der Waals surface area contributed by atoms with Gasteiger partial charge < -0.3 is 15.4 Å². The van der Waals surface area contributed by atoms with Gasteiger partial charge in [0.1, 0.15) is 11.3 Å². The minimum absolute atomic E-state index is 0.103. The predicted molar refractivity (Wildman–Crippen MR) is 95.8 cm³/mol. The Kier molecular flexibility index (Phi) is 3.76. The van der Waals surface area contributed by atoms with E-state index in [9.17, 15) is 14.7 Å². The van der Waals surface area contributed by atoms with Crippen molar-refractivity contribution in [1.82, 2.24) is 10.3 Å². The van der Waals surface area contributed by atoms with E-state index >= 15 is 0 Å². The van der Waals surface area contributed by atoms with E-state index in [1.807, 2.05) is 24.3 Å². The summed E-state index contributed by atoms with van der Waals surface area (Å²) in [4.78, 5) is 27.7. The zero-order chi connectivity index (χ0) is 17.4. The first-order valence-corrected chi connectivity index (χ1v) is 8.37. The number of aromatic nitrogens is 1. The molecule has 25 heavy (non-hydrogen) atoms. The summed E-state index contributed by atoms with van der Waals surface area (Å²) in [5.74, 6) is -0.131. The van der Waals surface area contributed by atoms with E-state index in [4.69, 9.17) is 0 Å². The van der Waals surface area contributed by atoms with Crippen LogP contribution in [0, 0.1) is 0 Å². The Bertz CT molecular complexity index is 1020. The summed E-state index contributed by atoms with van der Waals surface area (Å²) in [7, 11) is 0. The number of H-pyrrole nitrogens is 1. The average Bonchev–Trinajstić information content (AvgIpc) is 2.62. The third-order valence-corrected chi connectivity index (χ3v) is 4.79. The Labute approximate surface area is 144 Å². The monoisotopic (exact) mass is 334 g/mol. The van der Waals surface area contributed by atoms with E-state index in [1.165, 1.54) is 0 Å². The number of phenolic OH excluding ortho intramolecular Hbond substituents is 1. The molecule has 126 valence electrons. The summed E-state index contributed by atoms with van der Waals surface area (Å²) < 4.78 is 0. The molecule has 1 aliphatic carbocycles. The van der Waals surface area contributed by atoms with Gasteiger partial charge >= 0.3 is 0 Å². The molecule has 0 spiro atoms. The number of hydrogen-bond donors (Lipinski definition) is 3. The molecule has 0 fully saturated rings. The maximum Gasteiger partial charge on any atom is 0.261 e. The number of amides is 1. The van der Waals surface area contributed by atoms with Crippen molar-refractivity contribution < 1.29 is 9.90 Å². The highest BCUT2D eigenvalue weighted by Gasteiger charge is 2.25. The maximum absolute atomic E-state index is 12.7. The van der Waals surface area contributed by atoms with E-state index in [2.05, 4.69) is 10.3 Å². The second-order valence-corrected chi connectivity index (χ2v) is 6.36. The predicted octanol–water partition coefficient (Wildman–Crippen LogP) is 3.04. The first-order chi connectivity index (χ1) is 12.1. The Morgan fingerprint density at radius 2 is 2.00 bits per heavy atom. The lowest BCUT2D eigenvalue weighted by molar-refractivity contribution is 0.0931. The first-order valence-electron chi connectivity index (χ1n) is 8.37. The third kappa shape index (κ3) is 2.78. The molecule has 0 saturated carbocycles. The van der Waals surface area contributed by atoms with Crippen molar-refractivity contribution in [2.45, 2.75) is 25.3 Å². The van der Waals surface area contributed by atoms with Crippen LogP contribution in [0.15, 0.2) is 53.3 Å². The second-order valence-electron chi connectivity index (χ2n) is 6.36. The number of carbonyl (C=O) groups excluding carboxylic acids is 1. The summed E-state index contributed by atoms with van der Waals surface area (Å²) in [6.07, 6.45) is 2.46. The van der Waals surface area contributed by atoms with E-state index in [-0.39, 0.29) is 17.4 Å². The standard InChI is InChI=1S/C20H18N2O3/c23-18-10-4-6-13-14(18)7-3-9-17(13)22-20(25)15-11-12-5-1-2-8-16(12)21-19(15)24/h1-2,4-6,8,10-11,17,23H,3,7,9H2,(H,21,24)(H,22,25). The fraction of sp³-hybridized carbons (Fsp3) is 0.200. The number of aromatic hydroxyl groups is 1. The lowest BCUT2D eigenvalue weighted by Gasteiger charge is -2.26. The normalized spacial score (nSPS) is 16.4. The zero-order valence-corrected chi connectivity index (χ0v) is 13.6. The van der Waals surface area contributed by atoms with Crippen LogP contribution in [0.25, 0.3) is 10.9 Å². The fourth-order valence-corrected chi connectivity index (χ4v) is 3.53. The van der Waals surface area contributed by atoms with E-state index in [1.54, 1.807) is 24.3 Å². The maximum atomic E-state index is 12.7. The largest absolute Gasteiger partial charge is 0.508 e. The van der Waals surface area contributed by atoms with Gasteiger partial charge in [-0.3, -0.25) is 9.59 Å². The highest BCUT2D eigenvalue weighted by Crippen LogP contribution is 2.34. The van der Waals surface area contributed by atoms with Crippen molar-refractivity contribution in [3.05, 3.63) is 75.6 Å². The van der Waals surface area contributed by atoms with E-state index in [0.717, 1.165) is 35.8 Å². The van der Waals surface area contributed by atoms with Crippen molar-refractivity contribution in [1.29, 1.82) is 0 Å². The molecule has 0 saturated heterocycles. The Balaban J connectivity index is 1.67. The van der Waals surface area contributed by atoms with E-state index < -0.39 is 11.5 Å². The molecule has 3 N–H and O–H groups in total. The molecule has 1 unspecified atom stereocenters. The summed E-state index contributed by atoms with van der Waals surface area (Å²) in [5, 5.41) is 13.8. The molecule has 1 atom stereocenters. The van der Waals surface area contributed by atoms with Crippen molar-refractivity contribution >= 4 is 16.8 Å². The molecule has 1 amide bonds. The molecular formula is C20H18N2O3. The number of aromatic amines is 1. The van der Waals surface area contributed by atoms with Gasteiger partial charge in [0.15, 0.2) is 0 Å². The highest BCUT2D eigenvalue weighted by atomic mass is 16.3. The van der Waals surface area contributed by atoms with E-state index in [0.29, 0.717) is 5.52 Å². The number of hydrogen-bond acceptors (Lipinski definition) is 3. The SMILES string of the molecule is O=C(NC1CCCc2c(O)cccc21)c1cc2ccccc2[nH]c1=O. The van der Waals surface area contributed by atoms with Crippen LogP contribution in [-0.4, -0.2) is 16.0 Å². The van der Waals surface area contributed by atoms with Gasteiger partial charge in [0, 0.05) is 5.52 Å². The molecule has 4 rings (SSSR count).